The van der Waals surface area contributed by atoms with Crippen molar-refractivity contribution in [3.05, 3.63) is 34.5 Å². The summed E-state index contributed by atoms with van der Waals surface area (Å²) in [5, 5.41) is 4.19. The van der Waals surface area contributed by atoms with Crippen LogP contribution in [0.1, 0.15) is 16.4 Å². The standard InChI is InChI=1S/C12H16N6O2/c1-15-6-4-13-10(15)11(19)17-5-3-9-14-16(2)12(20)18(9)8-7-17/h4,6H,3,5,7-8H2,1-2H3. The summed E-state index contributed by atoms with van der Waals surface area (Å²) >= 11 is 0. The first-order chi connectivity index (χ1) is 9.58. The highest BCUT2D eigenvalue weighted by Crippen LogP contribution is 2.08. The van der Waals surface area contributed by atoms with Crippen LogP contribution in [0.3, 0.4) is 0 Å². The van der Waals surface area contributed by atoms with Gasteiger partial charge in [-0.15, -0.1) is 0 Å². The third kappa shape index (κ3) is 1.93. The van der Waals surface area contributed by atoms with E-state index in [2.05, 4.69) is 10.1 Å². The van der Waals surface area contributed by atoms with Gasteiger partial charge in [0, 0.05) is 52.5 Å². The Hall–Kier alpha value is -2.38. The first-order valence-electron chi connectivity index (χ1n) is 6.47. The summed E-state index contributed by atoms with van der Waals surface area (Å²) < 4.78 is 4.67. The third-order valence-electron chi connectivity index (χ3n) is 3.58. The average Bonchev–Trinajstić information content (AvgIpc) is 2.88. The molecule has 1 aliphatic rings. The van der Waals surface area contributed by atoms with Gasteiger partial charge in [0.1, 0.15) is 5.82 Å². The average molecular weight is 276 g/mol. The van der Waals surface area contributed by atoms with Gasteiger partial charge in [0.2, 0.25) is 0 Å². The molecule has 0 unspecified atom stereocenters. The van der Waals surface area contributed by atoms with E-state index in [1.165, 1.54) is 4.68 Å². The minimum absolute atomic E-state index is 0.111. The lowest BCUT2D eigenvalue weighted by Crippen LogP contribution is -2.36. The second kappa shape index (κ2) is 4.62. The number of fused-ring (bicyclic) bond motifs is 1. The van der Waals surface area contributed by atoms with E-state index < -0.39 is 0 Å². The number of aromatic nitrogens is 5. The van der Waals surface area contributed by atoms with Crippen molar-refractivity contribution in [3.8, 4) is 0 Å². The Bertz CT molecular complexity index is 710. The van der Waals surface area contributed by atoms with Crippen LogP contribution >= 0.6 is 0 Å². The topological polar surface area (TPSA) is 78.0 Å². The predicted octanol–water partition coefficient (Wildman–Crippen LogP) is -0.986. The van der Waals surface area contributed by atoms with Crippen LogP contribution in [0.2, 0.25) is 0 Å². The molecule has 2 aromatic heterocycles. The van der Waals surface area contributed by atoms with Gasteiger partial charge in [0.15, 0.2) is 5.82 Å². The number of rotatable bonds is 1. The van der Waals surface area contributed by atoms with Gasteiger partial charge in [-0.3, -0.25) is 9.36 Å². The van der Waals surface area contributed by atoms with E-state index in [9.17, 15) is 9.59 Å². The van der Waals surface area contributed by atoms with E-state index in [1.54, 1.807) is 40.5 Å². The Balaban J connectivity index is 1.82. The smallest absolute Gasteiger partial charge is 0.334 e. The molecule has 0 saturated heterocycles. The van der Waals surface area contributed by atoms with Crippen LogP contribution in [-0.4, -0.2) is 47.8 Å². The summed E-state index contributed by atoms with van der Waals surface area (Å²) in [6, 6.07) is 0. The fourth-order valence-electron chi connectivity index (χ4n) is 2.45. The summed E-state index contributed by atoms with van der Waals surface area (Å²) in [7, 11) is 3.43. The van der Waals surface area contributed by atoms with E-state index in [0.29, 0.717) is 31.9 Å². The molecular formula is C12H16N6O2. The van der Waals surface area contributed by atoms with Crippen molar-refractivity contribution >= 4 is 5.91 Å². The van der Waals surface area contributed by atoms with E-state index in [4.69, 9.17) is 0 Å². The number of amides is 1. The summed E-state index contributed by atoms with van der Waals surface area (Å²) in [6.07, 6.45) is 3.92. The van der Waals surface area contributed by atoms with Crippen LogP contribution < -0.4 is 5.69 Å². The molecule has 0 atom stereocenters. The summed E-state index contributed by atoms with van der Waals surface area (Å²) in [5.74, 6) is 1.03. The maximum absolute atomic E-state index is 12.4. The largest absolute Gasteiger partial charge is 0.345 e. The monoisotopic (exact) mass is 276 g/mol. The number of hydrogen-bond donors (Lipinski definition) is 0. The zero-order chi connectivity index (χ0) is 14.3. The zero-order valence-electron chi connectivity index (χ0n) is 11.5. The number of carbonyl (C=O) groups excluding carboxylic acids is 1. The molecule has 0 aliphatic carbocycles. The second-order valence-corrected chi connectivity index (χ2v) is 4.88. The van der Waals surface area contributed by atoms with Crippen molar-refractivity contribution in [2.45, 2.75) is 13.0 Å². The minimum Gasteiger partial charge on any atom is -0.334 e. The Morgan fingerprint density at radius 3 is 2.75 bits per heavy atom. The van der Waals surface area contributed by atoms with Gasteiger partial charge in [0.05, 0.1) is 0 Å². The van der Waals surface area contributed by atoms with Crippen LogP contribution in [0.15, 0.2) is 17.2 Å². The molecule has 0 spiro atoms. The zero-order valence-corrected chi connectivity index (χ0v) is 11.5. The number of aryl methyl sites for hydroxylation is 2. The second-order valence-electron chi connectivity index (χ2n) is 4.88. The van der Waals surface area contributed by atoms with Crippen LogP contribution in [0.25, 0.3) is 0 Å². The van der Waals surface area contributed by atoms with Crippen LogP contribution in [0.5, 0.6) is 0 Å². The van der Waals surface area contributed by atoms with Gasteiger partial charge < -0.3 is 9.47 Å². The molecule has 0 saturated carbocycles. The molecule has 8 heteroatoms. The summed E-state index contributed by atoms with van der Waals surface area (Å²) in [4.78, 5) is 30.0. The SMILES string of the molecule is Cn1ccnc1C(=O)N1CCc2nn(C)c(=O)n2CC1. The molecule has 3 heterocycles. The molecule has 0 bridgehead atoms. The molecule has 2 aromatic rings. The van der Waals surface area contributed by atoms with E-state index in [1.807, 2.05) is 0 Å². The van der Waals surface area contributed by atoms with Gasteiger partial charge in [-0.2, -0.15) is 5.10 Å². The lowest BCUT2D eigenvalue weighted by Gasteiger charge is -2.19. The van der Waals surface area contributed by atoms with Crippen molar-refractivity contribution < 1.29 is 4.79 Å². The Labute approximate surface area is 115 Å². The summed E-state index contributed by atoms with van der Waals surface area (Å²) in [5.41, 5.74) is -0.133. The van der Waals surface area contributed by atoms with Gasteiger partial charge in [-0.1, -0.05) is 0 Å². The van der Waals surface area contributed by atoms with Crippen molar-refractivity contribution in [3.63, 3.8) is 0 Å². The molecule has 0 fully saturated rings. The molecule has 3 rings (SSSR count). The number of imidazole rings is 1. The number of hydrogen-bond acceptors (Lipinski definition) is 4. The highest BCUT2D eigenvalue weighted by Gasteiger charge is 2.24. The van der Waals surface area contributed by atoms with Crippen molar-refractivity contribution in [1.82, 2.24) is 28.8 Å². The third-order valence-corrected chi connectivity index (χ3v) is 3.58. The first kappa shape index (κ1) is 12.6. The normalized spacial score (nSPS) is 15.0. The molecule has 20 heavy (non-hydrogen) atoms. The molecule has 1 amide bonds. The molecule has 0 aromatic carbocycles. The number of nitrogens with zero attached hydrogens (tertiary/aromatic N) is 6. The van der Waals surface area contributed by atoms with Crippen LogP contribution in [0, 0.1) is 0 Å². The Kier molecular flexibility index (Phi) is 2.92. The van der Waals surface area contributed by atoms with E-state index in [0.717, 1.165) is 5.82 Å². The molecule has 0 N–H and O–H groups in total. The Morgan fingerprint density at radius 1 is 1.25 bits per heavy atom. The van der Waals surface area contributed by atoms with Crippen molar-refractivity contribution in [2.75, 3.05) is 13.1 Å². The lowest BCUT2D eigenvalue weighted by molar-refractivity contribution is 0.0742. The molecular weight excluding hydrogens is 260 g/mol. The van der Waals surface area contributed by atoms with Crippen LogP contribution in [0.4, 0.5) is 0 Å². The van der Waals surface area contributed by atoms with Gasteiger partial charge in [0.25, 0.3) is 5.91 Å². The number of carbonyl (C=O) groups is 1. The minimum atomic E-state index is -0.133. The molecule has 106 valence electrons. The van der Waals surface area contributed by atoms with Crippen LogP contribution in [-0.2, 0) is 27.1 Å². The van der Waals surface area contributed by atoms with E-state index >= 15 is 0 Å². The van der Waals surface area contributed by atoms with Crippen molar-refractivity contribution in [2.24, 2.45) is 14.1 Å². The lowest BCUT2D eigenvalue weighted by atomic mass is 10.3. The molecule has 0 radical (unpaired) electrons. The van der Waals surface area contributed by atoms with E-state index in [-0.39, 0.29) is 11.6 Å². The highest BCUT2D eigenvalue weighted by molar-refractivity contribution is 5.90. The quantitative estimate of drug-likeness (QED) is 0.670. The fourth-order valence-corrected chi connectivity index (χ4v) is 2.45. The molecule has 1 aliphatic heterocycles. The first-order valence-corrected chi connectivity index (χ1v) is 6.47. The van der Waals surface area contributed by atoms with Gasteiger partial charge >= 0.3 is 5.69 Å². The van der Waals surface area contributed by atoms with Gasteiger partial charge in [-0.05, 0) is 0 Å². The predicted molar refractivity (Wildman–Crippen MR) is 70.3 cm³/mol. The Morgan fingerprint density at radius 2 is 2.05 bits per heavy atom. The maximum Gasteiger partial charge on any atom is 0.345 e. The van der Waals surface area contributed by atoms with Crippen molar-refractivity contribution in [1.29, 1.82) is 0 Å². The molecule has 8 nitrogen and oxygen atoms in total. The maximum atomic E-state index is 12.4. The van der Waals surface area contributed by atoms with Gasteiger partial charge in [-0.25, -0.2) is 14.5 Å². The fraction of sp³-hybridized carbons (Fsp3) is 0.500. The summed E-state index contributed by atoms with van der Waals surface area (Å²) in [6.45, 7) is 1.50. The highest BCUT2D eigenvalue weighted by atomic mass is 16.2.